The molecule has 0 unspecified atom stereocenters. The summed E-state index contributed by atoms with van der Waals surface area (Å²) in [5, 5.41) is 0. The molecular weight excluding hydrogens is 389 g/mol. The van der Waals surface area contributed by atoms with Crippen molar-refractivity contribution in [3.8, 4) is 17.2 Å². The largest absolute Gasteiger partial charge is 0.493 e. The van der Waals surface area contributed by atoms with Crippen LogP contribution < -0.4 is 19.1 Å². The number of carbonyl (C=O) groups excluding carboxylic acids is 1. The van der Waals surface area contributed by atoms with Gasteiger partial charge in [-0.15, -0.1) is 0 Å². The lowest BCUT2D eigenvalue weighted by Gasteiger charge is -2.15. The zero-order valence-electron chi connectivity index (χ0n) is 14.8. The van der Waals surface area contributed by atoms with Crippen LogP contribution >= 0.6 is 24.0 Å². The minimum absolute atomic E-state index is 0.127. The SMILES string of the molecule is COc1ccc(/C=C2\SC(=S)N(c3ccccc3F)C2=O)c(OC)c1OC. The molecule has 0 bridgehead atoms. The van der Waals surface area contributed by atoms with Gasteiger partial charge in [0.25, 0.3) is 5.91 Å². The lowest BCUT2D eigenvalue weighted by molar-refractivity contribution is -0.113. The monoisotopic (exact) mass is 405 g/mol. The van der Waals surface area contributed by atoms with Crippen molar-refractivity contribution in [1.29, 1.82) is 0 Å². The number of benzene rings is 2. The number of carbonyl (C=O) groups is 1. The van der Waals surface area contributed by atoms with Gasteiger partial charge in [-0.3, -0.25) is 9.69 Å². The van der Waals surface area contributed by atoms with Crippen LogP contribution in [-0.2, 0) is 4.79 Å². The van der Waals surface area contributed by atoms with E-state index in [0.717, 1.165) is 11.8 Å². The summed E-state index contributed by atoms with van der Waals surface area (Å²) in [6.07, 6.45) is 1.64. The number of thioether (sulfide) groups is 1. The van der Waals surface area contributed by atoms with E-state index in [1.807, 2.05) is 0 Å². The highest BCUT2D eigenvalue weighted by Crippen LogP contribution is 2.43. The predicted molar refractivity (Wildman–Crippen MR) is 108 cm³/mol. The number of amides is 1. The van der Waals surface area contributed by atoms with E-state index in [9.17, 15) is 9.18 Å². The second-order valence-electron chi connectivity index (χ2n) is 5.39. The van der Waals surface area contributed by atoms with Gasteiger partial charge in [0.15, 0.2) is 15.8 Å². The van der Waals surface area contributed by atoms with Crippen molar-refractivity contribution in [2.24, 2.45) is 0 Å². The molecule has 1 aliphatic heterocycles. The number of thiocarbonyl (C=S) groups is 1. The number of hydrogen-bond acceptors (Lipinski definition) is 6. The molecule has 5 nitrogen and oxygen atoms in total. The van der Waals surface area contributed by atoms with E-state index in [1.165, 1.54) is 38.4 Å². The van der Waals surface area contributed by atoms with Crippen LogP contribution in [-0.4, -0.2) is 31.6 Å². The fourth-order valence-electron chi connectivity index (χ4n) is 2.69. The Morgan fingerprint density at radius 3 is 2.37 bits per heavy atom. The summed E-state index contributed by atoms with van der Waals surface area (Å²) in [7, 11) is 4.53. The van der Waals surface area contributed by atoms with Gasteiger partial charge in [-0.2, -0.15) is 0 Å². The number of anilines is 1. The van der Waals surface area contributed by atoms with Crippen LogP contribution in [0.1, 0.15) is 5.56 Å². The lowest BCUT2D eigenvalue weighted by atomic mass is 10.1. The lowest BCUT2D eigenvalue weighted by Crippen LogP contribution is -2.28. The van der Waals surface area contributed by atoms with Crippen molar-refractivity contribution < 1.29 is 23.4 Å². The Hall–Kier alpha value is -2.58. The first-order chi connectivity index (χ1) is 13.0. The first-order valence-corrected chi connectivity index (χ1v) is 9.05. The summed E-state index contributed by atoms with van der Waals surface area (Å²) in [4.78, 5) is 14.4. The van der Waals surface area contributed by atoms with Gasteiger partial charge in [-0.05, 0) is 30.3 Å². The Kier molecular flexibility index (Phi) is 5.67. The topological polar surface area (TPSA) is 48.0 Å². The minimum atomic E-state index is -0.515. The zero-order valence-corrected chi connectivity index (χ0v) is 16.4. The van der Waals surface area contributed by atoms with E-state index < -0.39 is 11.7 Å². The normalized spacial score (nSPS) is 15.4. The average Bonchev–Trinajstić information content (AvgIpc) is 2.95. The maximum atomic E-state index is 14.1. The van der Waals surface area contributed by atoms with Gasteiger partial charge in [0.2, 0.25) is 5.75 Å². The van der Waals surface area contributed by atoms with E-state index in [1.54, 1.807) is 30.3 Å². The summed E-state index contributed by atoms with van der Waals surface area (Å²) in [5.74, 6) is 0.433. The zero-order chi connectivity index (χ0) is 19.6. The van der Waals surface area contributed by atoms with Gasteiger partial charge in [-0.1, -0.05) is 36.1 Å². The molecular formula is C19H16FNO4S2. The van der Waals surface area contributed by atoms with Gasteiger partial charge < -0.3 is 14.2 Å². The first-order valence-electron chi connectivity index (χ1n) is 7.83. The maximum Gasteiger partial charge on any atom is 0.270 e. The molecule has 1 heterocycles. The number of ether oxygens (including phenoxy) is 3. The van der Waals surface area contributed by atoms with Crippen molar-refractivity contribution in [3.63, 3.8) is 0 Å². The Morgan fingerprint density at radius 1 is 1.04 bits per heavy atom. The average molecular weight is 405 g/mol. The smallest absolute Gasteiger partial charge is 0.270 e. The van der Waals surface area contributed by atoms with E-state index >= 15 is 0 Å². The fourth-order valence-corrected chi connectivity index (χ4v) is 3.96. The van der Waals surface area contributed by atoms with Crippen LogP contribution in [0, 0.1) is 5.82 Å². The molecule has 3 rings (SSSR count). The minimum Gasteiger partial charge on any atom is -0.493 e. The molecule has 0 atom stereocenters. The molecule has 0 spiro atoms. The Balaban J connectivity index is 2.03. The highest BCUT2D eigenvalue weighted by molar-refractivity contribution is 8.27. The number of para-hydroxylation sites is 1. The molecule has 27 heavy (non-hydrogen) atoms. The molecule has 140 valence electrons. The van der Waals surface area contributed by atoms with E-state index in [4.69, 9.17) is 26.4 Å². The third-order valence-corrected chi connectivity index (χ3v) is 5.21. The molecule has 1 fully saturated rings. The summed E-state index contributed by atoms with van der Waals surface area (Å²) in [6.45, 7) is 0. The number of methoxy groups -OCH3 is 3. The van der Waals surface area contributed by atoms with Gasteiger partial charge in [0.05, 0.1) is 31.9 Å². The van der Waals surface area contributed by atoms with Gasteiger partial charge in [0.1, 0.15) is 5.82 Å². The van der Waals surface area contributed by atoms with Crippen LogP contribution in [0.3, 0.4) is 0 Å². The first kappa shape index (κ1) is 19.2. The molecule has 0 saturated carbocycles. The van der Waals surface area contributed by atoms with Gasteiger partial charge in [-0.25, -0.2) is 4.39 Å². The second kappa shape index (κ2) is 7.98. The van der Waals surface area contributed by atoms with Crippen molar-refractivity contribution in [3.05, 3.63) is 52.7 Å². The van der Waals surface area contributed by atoms with Crippen LogP contribution in [0.2, 0.25) is 0 Å². The number of nitrogens with zero attached hydrogens (tertiary/aromatic N) is 1. The molecule has 1 saturated heterocycles. The fraction of sp³-hybridized carbons (Fsp3) is 0.158. The quantitative estimate of drug-likeness (QED) is 0.547. The standard InChI is InChI=1S/C19H16FNO4S2/c1-23-14-9-8-11(16(24-2)17(14)25-3)10-15-18(22)21(19(26)27-15)13-7-5-4-6-12(13)20/h4-10H,1-3H3/b15-10-. The maximum absolute atomic E-state index is 14.1. The molecule has 2 aromatic carbocycles. The van der Waals surface area contributed by atoms with Crippen LogP contribution in [0.4, 0.5) is 10.1 Å². The second-order valence-corrected chi connectivity index (χ2v) is 7.07. The van der Waals surface area contributed by atoms with Crippen LogP contribution in [0.25, 0.3) is 6.08 Å². The third kappa shape index (κ3) is 3.50. The van der Waals surface area contributed by atoms with E-state index in [2.05, 4.69) is 0 Å². The van der Waals surface area contributed by atoms with Gasteiger partial charge >= 0.3 is 0 Å². The van der Waals surface area contributed by atoms with E-state index in [-0.39, 0.29) is 10.0 Å². The van der Waals surface area contributed by atoms with Crippen molar-refractivity contribution in [1.82, 2.24) is 0 Å². The molecule has 0 N–H and O–H groups in total. The molecule has 0 aromatic heterocycles. The molecule has 1 aliphatic rings. The van der Waals surface area contributed by atoms with Crippen LogP contribution in [0.15, 0.2) is 41.3 Å². The van der Waals surface area contributed by atoms with Crippen LogP contribution in [0.5, 0.6) is 17.2 Å². The molecule has 0 radical (unpaired) electrons. The van der Waals surface area contributed by atoms with E-state index in [0.29, 0.717) is 27.7 Å². The van der Waals surface area contributed by atoms with Crippen molar-refractivity contribution in [2.75, 3.05) is 26.2 Å². The Bertz CT molecular complexity index is 945. The summed E-state index contributed by atoms with van der Waals surface area (Å²) in [6, 6.07) is 9.47. The van der Waals surface area contributed by atoms with Crippen molar-refractivity contribution >= 4 is 46.0 Å². The number of rotatable bonds is 5. The molecule has 1 amide bonds. The highest BCUT2D eigenvalue weighted by Gasteiger charge is 2.35. The Labute approximate surface area is 165 Å². The predicted octanol–water partition coefficient (Wildman–Crippen LogP) is 4.26. The summed E-state index contributed by atoms with van der Waals surface area (Å²) in [5.41, 5.74) is 0.742. The van der Waals surface area contributed by atoms with Crippen molar-refractivity contribution in [2.45, 2.75) is 0 Å². The molecule has 8 heteroatoms. The third-order valence-electron chi connectivity index (χ3n) is 3.91. The highest BCUT2D eigenvalue weighted by atomic mass is 32.2. The molecule has 2 aromatic rings. The summed E-state index contributed by atoms with van der Waals surface area (Å²) >= 11 is 6.38. The summed E-state index contributed by atoms with van der Waals surface area (Å²) < 4.78 is 30.4. The molecule has 0 aliphatic carbocycles. The van der Waals surface area contributed by atoms with Gasteiger partial charge in [0, 0.05) is 5.56 Å². The number of hydrogen-bond donors (Lipinski definition) is 0. The Morgan fingerprint density at radius 2 is 1.74 bits per heavy atom. The number of halogens is 1.